The summed E-state index contributed by atoms with van der Waals surface area (Å²) in [4.78, 5) is 32.1. The number of carbonyl (C=O) groups excluding carboxylic acids is 1. The van der Waals surface area contributed by atoms with Gasteiger partial charge in [0, 0.05) is 16.7 Å². The van der Waals surface area contributed by atoms with Crippen molar-refractivity contribution < 1.29 is 4.79 Å². The van der Waals surface area contributed by atoms with E-state index in [4.69, 9.17) is 0 Å². The number of thiophene rings is 1. The lowest BCUT2D eigenvalue weighted by molar-refractivity contribution is -0.124. The van der Waals surface area contributed by atoms with Crippen LogP contribution in [-0.2, 0) is 24.1 Å². The average molecular weight is 333 g/mol. The molecule has 2 aromatic heterocycles. The number of carbonyl (C=O) groups is 1. The van der Waals surface area contributed by atoms with Crippen LogP contribution in [0.15, 0.2) is 4.79 Å². The molecule has 0 bridgehead atoms. The van der Waals surface area contributed by atoms with Crippen molar-refractivity contribution in [1.29, 1.82) is 0 Å². The minimum absolute atomic E-state index is 0.135. The summed E-state index contributed by atoms with van der Waals surface area (Å²) >= 11 is 1.64. The summed E-state index contributed by atoms with van der Waals surface area (Å²) in [6.07, 6.45) is 4.85. The molecule has 0 aliphatic heterocycles. The van der Waals surface area contributed by atoms with E-state index in [2.05, 4.69) is 10.4 Å². The van der Waals surface area contributed by atoms with Gasteiger partial charge in [-0.05, 0) is 31.2 Å². The number of rotatable bonds is 2. The van der Waals surface area contributed by atoms with Gasteiger partial charge in [0.2, 0.25) is 5.91 Å². The van der Waals surface area contributed by atoms with Crippen LogP contribution in [0.1, 0.15) is 56.8 Å². The molecule has 0 aromatic carbocycles. The topological polar surface area (TPSA) is 64.0 Å². The number of hydrogen-bond donors (Lipinski definition) is 1. The summed E-state index contributed by atoms with van der Waals surface area (Å²) < 4.78 is 1.36. The van der Waals surface area contributed by atoms with Crippen LogP contribution in [0, 0.1) is 5.41 Å². The molecule has 2 heterocycles. The molecule has 0 spiro atoms. The first-order valence-corrected chi connectivity index (χ1v) is 9.02. The molecular formula is C17H23N3O2S. The van der Waals surface area contributed by atoms with E-state index < -0.39 is 5.41 Å². The molecule has 1 N–H and O–H groups in total. The molecule has 0 unspecified atom stereocenters. The predicted molar refractivity (Wildman–Crippen MR) is 93.7 cm³/mol. The quantitative estimate of drug-likeness (QED) is 0.919. The molecule has 6 heteroatoms. The van der Waals surface area contributed by atoms with Crippen molar-refractivity contribution >= 4 is 27.5 Å². The van der Waals surface area contributed by atoms with Gasteiger partial charge in [-0.1, -0.05) is 27.7 Å². The first-order chi connectivity index (χ1) is 10.8. The van der Waals surface area contributed by atoms with E-state index in [9.17, 15) is 9.59 Å². The number of nitrogens with zero attached hydrogens (tertiary/aromatic N) is 2. The Kier molecular flexibility index (Phi) is 4.04. The molecule has 0 atom stereocenters. The fraction of sp³-hybridized carbons (Fsp3) is 0.588. The largest absolute Gasteiger partial charge is 0.281 e. The van der Waals surface area contributed by atoms with Crippen molar-refractivity contribution in [2.24, 2.45) is 5.41 Å². The van der Waals surface area contributed by atoms with Gasteiger partial charge in [0.05, 0.1) is 5.39 Å². The van der Waals surface area contributed by atoms with E-state index in [0.717, 1.165) is 29.7 Å². The maximum Gasteiger partial charge on any atom is 0.281 e. The summed E-state index contributed by atoms with van der Waals surface area (Å²) in [5.74, 6) is 0.429. The fourth-order valence-electron chi connectivity index (χ4n) is 2.87. The van der Waals surface area contributed by atoms with E-state index in [1.54, 1.807) is 11.3 Å². The van der Waals surface area contributed by atoms with E-state index in [1.807, 2.05) is 27.7 Å². The van der Waals surface area contributed by atoms with Crippen LogP contribution in [0.25, 0.3) is 10.2 Å². The fourth-order valence-corrected chi connectivity index (χ4v) is 4.14. The van der Waals surface area contributed by atoms with Crippen LogP contribution in [-0.4, -0.2) is 15.6 Å². The highest BCUT2D eigenvalue weighted by molar-refractivity contribution is 7.18. The van der Waals surface area contributed by atoms with Crippen LogP contribution in [0.2, 0.25) is 0 Å². The number of amides is 1. The molecular weight excluding hydrogens is 310 g/mol. The molecule has 1 amide bonds. The number of aromatic nitrogens is 2. The first kappa shape index (κ1) is 16.2. The third-order valence-corrected chi connectivity index (χ3v) is 5.45. The second-order valence-corrected chi connectivity index (χ2v) is 8.19. The monoisotopic (exact) mass is 333 g/mol. The number of aryl methyl sites for hydroxylation is 3. The Hall–Kier alpha value is -1.69. The van der Waals surface area contributed by atoms with Gasteiger partial charge < -0.3 is 0 Å². The SMILES string of the molecule is CCc1nc2sc3c(c2c(=O)n1NC(=O)C(C)(C)C)CCCC3. The molecule has 0 saturated heterocycles. The van der Waals surface area contributed by atoms with Crippen LogP contribution in [0.4, 0.5) is 0 Å². The van der Waals surface area contributed by atoms with E-state index in [1.165, 1.54) is 16.0 Å². The highest BCUT2D eigenvalue weighted by Crippen LogP contribution is 2.33. The Labute approximate surface area is 139 Å². The van der Waals surface area contributed by atoms with E-state index >= 15 is 0 Å². The van der Waals surface area contributed by atoms with Gasteiger partial charge in [0.25, 0.3) is 5.56 Å². The van der Waals surface area contributed by atoms with Gasteiger partial charge in [-0.25, -0.2) is 9.66 Å². The standard InChI is InChI=1S/C17H23N3O2S/c1-5-12-18-14-13(10-8-6-7-9-11(10)23-14)15(21)20(12)19-16(22)17(2,3)4/h5-9H2,1-4H3,(H,19,22). The normalized spacial score (nSPS) is 14.8. The first-order valence-electron chi connectivity index (χ1n) is 8.20. The average Bonchev–Trinajstić information content (AvgIpc) is 2.87. The number of hydrogen-bond acceptors (Lipinski definition) is 4. The van der Waals surface area contributed by atoms with E-state index in [0.29, 0.717) is 17.6 Å². The molecule has 23 heavy (non-hydrogen) atoms. The summed E-state index contributed by atoms with van der Waals surface area (Å²) in [6, 6.07) is 0. The molecule has 124 valence electrons. The Bertz CT molecular complexity index is 827. The van der Waals surface area contributed by atoms with Crippen molar-refractivity contribution in [3.05, 3.63) is 26.6 Å². The van der Waals surface area contributed by atoms with Gasteiger partial charge in [-0.2, -0.15) is 0 Å². The van der Waals surface area contributed by atoms with E-state index in [-0.39, 0.29) is 11.5 Å². The molecule has 3 rings (SSSR count). The predicted octanol–water partition coefficient (Wildman–Crippen LogP) is 3.02. The summed E-state index contributed by atoms with van der Waals surface area (Å²) in [7, 11) is 0. The van der Waals surface area contributed by atoms with Gasteiger partial charge in [-0.15, -0.1) is 11.3 Å². The maximum atomic E-state index is 13.0. The van der Waals surface area contributed by atoms with Crippen LogP contribution < -0.4 is 11.0 Å². The zero-order valence-electron chi connectivity index (χ0n) is 14.2. The molecule has 0 radical (unpaired) electrons. The lowest BCUT2D eigenvalue weighted by Gasteiger charge is -2.20. The smallest absolute Gasteiger partial charge is 0.273 e. The summed E-state index contributed by atoms with van der Waals surface area (Å²) in [5.41, 5.74) is 3.22. The minimum atomic E-state index is -0.562. The van der Waals surface area contributed by atoms with Gasteiger partial charge in [-0.3, -0.25) is 15.0 Å². The van der Waals surface area contributed by atoms with Gasteiger partial charge in [0.15, 0.2) is 0 Å². The Morgan fingerprint density at radius 3 is 2.65 bits per heavy atom. The van der Waals surface area contributed by atoms with Gasteiger partial charge in [0.1, 0.15) is 10.7 Å². The molecule has 2 aromatic rings. The molecule has 0 fully saturated rings. The molecule has 1 aliphatic carbocycles. The summed E-state index contributed by atoms with van der Waals surface area (Å²) in [5, 5.41) is 0.705. The van der Waals surface area contributed by atoms with Crippen molar-refractivity contribution in [3.8, 4) is 0 Å². The number of fused-ring (bicyclic) bond motifs is 3. The highest BCUT2D eigenvalue weighted by atomic mass is 32.1. The molecule has 0 saturated carbocycles. The van der Waals surface area contributed by atoms with Gasteiger partial charge >= 0.3 is 0 Å². The van der Waals surface area contributed by atoms with Crippen molar-refractivity contribution in [2.45, 2.75) is 59.8 Å². The lowest BCUT2D eigenvalue weighted by Crippen LogP contribution is -2.41. The molecule has 5 nitrogen and oxygen atoms in total. The third-order valence-electron chi connectivity index (χ3n) is 4.27. The molecule has 1 aliphatic rings. The highest BCUT2D eigenvalue weighted by Gasteiger charge is 2.25. The minimum Gasteiger partial charge on any atom is -0.273 e. The van der Waals surface area contributed by atoms with Crippen LogP contribution >= 0.6 is 11.3 Å². The zero-order valence-corrected chi connectivity index (χ0v) is 15.0. The van der Waals surface area contributed by atoms with Crippen LogP contribution in [0.3, 0.4) is 0 Å². The maximum absolute atomic E-state index is 13.0. The Balaban J connectivity index is 2.19. The van der Waals surface area contributed by atoms with Crippen molar-refractivity contribution in [2.75, 3.05) is 5.43 Å². The zero-order chi connectivity index (χ0) is 16.8. The summed E-state index contributed by atoms with van der Waals surface area (Å²) in [6.45, 7) is 7.44. The second-order valence-electron chi connectivity index (χ2n) is 7.10. The van der Waals surface area contributed by atoms with Crippen LogP contribution in [0.5, 0.6) is 0 Å². The van der Waals surface area contributed by atoms with Crippen molar-refractivity contribution in [1.82, 2.24) is 9.66 Å². The Morgan fingerprint density at radius 1 is 1.30 bits per heavy atom. The lowest BCUT2D eigenvalue weighted by atomic mass is 9.96. The van der Waals surface area contributed by atoms with Crippen molar-refractivity contribution in [3.63, 3.8) is 0 Å². The second kappa shape index (κ2) is 5.74. The number of nitrogens with one attached hydrogen (secondary N) is 1. The third kappa shape index (κ3) is 2.80. The Morgan fingerprint density at radius 2 is 2.00 bits per heavy atom.